The van der Waals surface area contributed by atoms with Crippen molar-refractivity contribution in [2.75, 3.05) is 6.61 Å². The molecule has 3 aromatic rings. The van der Waals surface area contributed by atoms with Crippen LogP contribution < -0.4 is 0 Å². The fourth-order valence-corrected chi connectivity index (χ4v) is 3.53. The number of aromatic nitrogens is 1. The fraction of sp³-hybridized carbons (Fsp3) is 0.263. The monoisotopic (exact) mass is 340 g/mol. The van der Waals surface area contributed by atoms with E-state index >= 15 is 0 Å². The largest absolute Gasteiger partial charge is 0.394 e. The van der Waals surface area contributed by atoms with E-state index in [0.29, 0.717) is 11.4 Å². The Hall–Kier alpha value is -2.24. The highest BCUT2D eigenvalue weighted by Gasteiger charge is 2.32. The maximum absolute atomic E-state index is 13.1. The van der Waals surface area contributed by atoms with E-state index in [2.05, 4.69) is 4.98 Å². The Morgan fingerprint density at radius 1 is 1.21 bits per heavy atom. The van der Waals surface area contributed by atoms with Crippen LogP contribution in [0.25, 0.3) is 10.1 Å². The Balaban J connectivity index is 1.96. The van der Waals surface area contributed by atoms with Gasteiger partial charge in [0.15, 0.2) is 0 Å². The molecule has 1 amide bonds. The molecule has 124 valence electrons. The summed E-state index contributed by atoms with van der Waals surface area (Å²) in [6.07, 6.45) is 1.71. The highest BCUT2D eigenvalue weighted by molar-refractivity contribution is 7.20. The fourth-order valence-electron chi connectivity index (χ4n) is 2.52. The van der Waals surface area contributed by atoms with Gasteiger partial charge in [0.25, 0.3) is 5.91 Å². The Bertz CT molecular complexity index is 810. The summed E-state index contributed by atoms with van der Waals surface area (Å²) in [4.78, 5) is 19.8. The van der Waals surface area contributed by atoms with Crippen molar-refractivity contribution in [2.45, 2.75) is 25.9 Å². The molecule has 0 aliphatic carbocycles. The topological polar surface area (TPSA) is 53.4 Å². The van der Waals surface area contributed by atoms with Gasteiger partial charge in [0, 0.05) is 10.9 Å². The number of hydrogen-bond acceptors (Lipinski definition) is 4. The Morgan fingerprint density at radius 3 is 2.62 bits per heavy atom. The lowest BCUT2D eigenvalue weighted by molar-refractivity contribution is 0.0339. The van der Waals surface area contributed by atoms with E-state index in [9.17, 15) is 9.90 Å². The third kappa shape index (κ3) is 3.32. The van der Waals surface area contributed by atoms with Gasteiger partial charge >= 0.3 is 0 Å². The summed E-state index contributed by atoms with van der Waals surface area (Å²) in [6.45, 7) is 3.97. The van der Waals surface area contributed by atoms with Crippen LogP contribution in [0.2, 0.25) is 0 Å². The van der Waals surface area contributed by atoms with Gasteiger partial charge in [-0.25, -0.2) is 0 Å². The van der Waals surface area contributed by atoms with Crippen LogP contribution in [0.4, 0.5) is 0 Å². The normalized spacial score (nSPS) is 11.6. The number of aliphatic hydroxyl groups is 1. The lowest BCUT2D eigenvalue weighted by Crippen LogP contribution is -2.49. The van der Waals surface area contributed by atoms with Gasteiger partial charge in [0.1, 0.15) is 0 Å². The molecule has 0 saturated carbocycles. The molecular weight excluding hydrogens is 320 g/mol. The molecule has 2 heterocycles. The van der Waals surface area contributed by atoms with E-state index in [0.717, 1.165) is 15.8 Å². The lowest BCUT2D eigenvalue weighted by Gasteiger charge is -2.36. The predicted molar refractivity (Wildman–Crippen MR) is 97.1 cm³/mol. The average Bonchev–Trinajstić information content (AvgIpc) is 3.04. The molecule has 3 rings (SSSR count). The van der Waals surface area contributed by atoms with Crippen molar-refractivity contribution in [2.24, 2.45) is 0 Å². The van der Waals surface area contributed by atoms with E-state index in [1.165, 1.54) is 11.3 Å². The van der Waals surface area contributed by atoms with Crippen LogP contribution in [-0.4, -0.2) is 33.0 Å². The molecule has 1 aromatic carbocycles. The number of carbonyl (C=O) groups excluding carboxylic acids is 1. The Labute approximate surface area is 145 Å². The molecule has 2 aromatic heterocycles. The van der Waals surface area contributed by atoms with Crippen molar-refractivity contribution in [1.29, 1.82) is 0 Å². The number of thiophene rings is 1. The van der Waals surface area contributed by atoms with E-state index < -0.39 is 5.54 Å². The minimum absolute atomic E-state index is 0.0825. The second kappa shape index (κ2) is 6.71. The maximum Gasteiger partial charge on any atom is 0.264 e. The van der Waals surface area contributed by atoms with Crippen LogP contribution >= 0.6 is 11.3 Å². The summed E-state index contributed by atoms with van der Waals surface area (Å²) >= 11 is 1.48. The molecule has 0 spiro atoms. The molecule has 5 heteroatoms. The second-order valence-electron chi connectivity index (χ2n) is 6.33. The number of hydrogen-bond donors (Lipinski definition) is 1. The first-order valence-corrected chi connectivity index (χ1v) is 8.64. The predicted octanol–water partition coefficient (Wildman–Crippen LogP) is 3.71. The SMILES string of the molecule is CC(C)(CO)N(Cc1ccccn1)C(=O)c1cc2ccccc2s1. The van der Waals surface area contributed by atoms with Crippen molar-refractivity contribution < 1.29 is 9.90 Å². The van der Waals surface area contributed by atoms with Gasteiger partial charge in [-0.05, 0) is 43.5 Å². The minimum atomic E-state index is -0.676. The van der Waals surface area contributed by atoms with Crippen LogP contribution in [0.5, 0.6) is 0 Å². The van der Waals surface area contributed by atoms with Gasteiger partial charge in [0.2, 0.25) is 0 Å². The first kappa shape index (κ1) is 16.6. The summed E-state index contributed by atoms with van der Waals surface area (Å²) in [5, 5.41) is 10.8. The summed E-state index contributed by atoms with van der Waals surface area (Å²) in [5.74, 6) is -0.0825. The van der Waals surface area contributed by atoms with Gasteiger partial charge in [-0.2, -0.15) is 0 Å². The summed E-state index contributed by atoms with van der Waals surface area (Å²) in [7, 11) is 0. The second-order valence-corrected chi connectivity index (χ2v) is 7.42. The van der Waals surface area contributed by atoms with Crippen molar-refractivity contribution >= 4 is 27.3 Å². The minimum Gasteiger partial charge on any atom is -0.394 e. The van der Waals surface area contributed by atoms with E-state index in [4.69, 9.17) is 0 Å². The molecular formula is C19H20N2O2S. The summed E-state index contributed by atoms with van der Waals surface area (Å²) in [5.41, 5.74) is 0.124. The zero-order valence-electron chi connectivity index (χ0n) is 13.8. The molecule has 0 aliphatic heterocycles. The molecule has 0 radical (unpaired) electrons. The lowest BCUT2D eigenvalue weighted by atomic mass is 10.0. The number of benzene rings is 1. The number of nitrogens with zero attached hydrogens (tertiary/aromatic N) is 2. The van der Waals surface area contributed by atoms with Crippen LogP contribution in [0.3, 0.4) is 0 Å². The number of pyridine rings is 1. The van der Waals surface area contributed by atoms with Crippen LogP contribution in [0.15, 0.2) is 54.7 Å². The first-order valence-electron chi connectivity index (χ1n) is 7.82. The van der Waals surface area contributed by atoms with Crippen molar-refractivity contribution in [3.05, 3.63) is 65.3 Å². The number of carbonyl (C=O) groups is 1. The van der Waals surface area contributed by atoms with Gasteiger partial charge in [-0.3, -0.25) is 9.78 Å². The van der Waals surface area contributed by atoms with Crippen molar-refractivity contribution in [1.82, 2.24) is 9.88 Å². The number of amides is 1. The maximum atomic E-state index is 13.1. The molecule has 24 heavy (non-hydrogen) atoms. The first-order chi connectivity index (χ1) is 11.5. The van der Waals surface area contributed by atoms with Crippen LogP contribution in [0, 0.1) is 0 Å². The molecule has 0 saturated heterocycles. The third-order valence-corrected chi connectivity index (χ3v) is 5.15. The molecule has 1 N–H and O–H groups in total. The molecule has 0 unspecified atom stereocenters. The van der Waals surface area contributed by atoms with Gasteiger partial charge in [-0.1, -0.05) is 24.3 Å². The van der Waals surface area contributed by atoms with Gasteiger partial charge in [-0.15, -0.1) is 11.3 Å². The van der Waals surface area contributed by atoms with Crippen LogP contribution in [-0.2, 0) is 6.54 Å². The third-order valence-electron chi connectivity index (χ3n) is 4.05. The Morgan fingerprint density at radius 2 is 1.96 bits per heavy atom. The highest BCUT2D eigenvalue weighted by Crippen LogP contribution is 2.29. The van der Waals surface area contributed by atoms with E-state index in [1.54, 1.807) is 11.1 Å². The average molecular weight is 340 g/mol. The summed E-state index contributed by atoms with van der Waals surface area (Å²) in [6, 6.07) is 15.5. The Kier molecular flexibility index (Phi) is 4.64. The summed E-state index contributed by atoms with van der Waals surface area (Å²) < 4.78 is 1.08. The van der Waals surface area contributed by atoms with Gasteiger partial charge in [0.05, 0.1) is 29.3 Å². The number of rotatable bonds is 5. The molecule has 4 nitrogen and oxygen atoms in total. The molecule has 0 aliphatic rings. The molecule has 0 fully saturated rings. The van der Waals surface area contributed by atoms with Crippen LogP contribution in [0.1, 0.15) is 29.2 Å². The highest BCUT2D eigenvalue weighted by atomic mass is 32.1. The zero-order valence-corrected chi connectivity index (χ0v) is 14.6. The van der Waals surface area contributed by atoms with E-state index in [1.807, 2.05) is 62.4 Å². The van der Waals surface area contributed by atoms with Crippen molar-refractivity contribution in [3.63, 3.8) is 0 Å². The number of fused-ring (bicyclic) bond motifs is 1. The number of aliphatic hydroxyl groups excluding tert-OH is 1. The van der Waals surface area contributed by atoms with Gasteiger partial charge < -0.3 is 10.0 Å². The standard InChI is InChI=1S/C19H20N2O2S/c1-19(2,13-22)21(12-15-8-5-6-10-20-15)18(23)17-11-14-7-3-4-9-16(14)24-17/h3-11,22H,12-13H2,1-2H3. The zero-order chi connectivity index (χ0) is 17.2. The van der Waals surface area contributed by atoms with E-state index in [-0.39, 0.29) is 12.5 Å². The molecule has 0 atom stereocenters. The quantitative estimate of drug-likeness (QED) is 0.770. The van der Waals surface area contributed by atoms with Crippen molar-refractivity contribution in [3.8, 4) is 0 Å². The smallest absolute Gasteiger partial charge is 0.264 e. The molecule has 0 bridgehead atoms.